The molecule has 1 aliphatic rings. The molecule has 1 fully saturated rings. The first-order valence-electron chi connectivity index (χ1n) is 7.24. The standard InChI is InChI=1S/C15H27N3S/c1-13(2)18-7-5-15(12-16,6-8-18)17(3)10-14-4-9-19-11-14/h4,9,11,13H,5-8,10,12,16H2,1-3H3. The molecule has 4 heteroatoms. The molecular formula is C15H27N3S. The van der Waals surface area contributed by atoms with Crippen LogP contribution in [0.3, 0.4) is 0 Å². The molecule has 1 aromatic rings. The molecule has 3 nitrogen and oxygen atoms in total. The lowest BCUT2D eigenvalue weighted by atomic mass is 9.85. The largest absolute Gasteiger partial charge is 0.329 e. The van der Waals surface area contributed by atoms with Gasteiger partial charge in [0.1, 0.15) is 0 Å². The number of thiophene rings is 1. The number of nitrogens with two attached hydrogens (primary N) is 1. The van der Waals surface area contributed by atoms with Crippen molar-refractivity contribution < 1.29 is 0 Å². The van der Waals surface area contributed by atoms with Crippen molar-refractivity contribution in [1.29, 1.82) is 0 Å². The molecule has 1 saturated heterocycles. The van der Waals surface area contributed by atoms with Gasteiger partial charge in [0.05, 0.1) is 0 Å². The molecule has 0 unspecified atom stereocenters. The lowest BCUT2D eigenvalue weighted by Crippen LogP contribution is -2.58. The molecule has 0 atom stereocenters. The number of hydrogen-bond donors (Lipinski definition) is 1. The van der Waals surface area contributed by atoms with Crippen molar-refractivity contribution in [3.63, 3.8) is 0 Å². The van der Waals surface area contributed by atoms with Crippen LogP contribution in [-0.4, -0.2) is 48.1 Å². The third kappa shape index (κ3) is 3.37. The first-order valence-corrected chi connectivity index (χ1v) is 8.18. The molecule has 0 spiro atoms. The van der Waals surface area contributed by atoms with Crippen LogP contribution >= 0.6 is 11.3 Å². The summed E-state index contributed by atoms with van der Waals surface area (Å²) < 4.78 is 0. The topological polar surface area (TPSA) is 32.5 Å². The van der Waals surface area contributed by atoms with Crippen molar-refractivity contribution in [2.75, 3.05) is 26.7 Å². The highest BCUT2D eigenvalue weighted by molar-refractivity contribution is 7.07. The average Bonchev–Trinajstić information content (AvgIpc) is 2.91. The van der Waals surface area contributed by atoms with Crippen LogP contribution < -0.4 is 5.73 Å². The van der Waals surface area contributed by atoms with Crippen molar-refractivity contribution in [3.8, 4) is 0 Å². The minimum absolute atomic E-state index is 0.188. The Morgan fingerprint density at radius 2 is 2.11 bits per heavy atom. The molecule has 2 heterocycles. The predicted octanol–water partition coefficient (Wildman–Crippen LogP) is 2.38. The van der Waals surface area contributed by atoms with E-state index in [-0.39, 0.29) is 5.54 Å². The fourth-order valence-corrected chi connectivity index (χ4v) is 3.68. The molecular weight excluding hydrogens is 254 g/mol. The summed E-state index contributed by atoms with van der Waals surface area (Å²) >= 11 is 1.77. The molecule has 0 amide bonds. The van der Waals surface area contributed by atoms with Crippen LogP contribution in [0.25, 0.3) is 0 Å². The number of hydrogen-bond acceptors (Lipinski definition) is 4. The van der Waals surface area contributed by atoms with Gasteiger partial charge < -0.3 is 10.6 Å². The zero-order chi connectivity index (χ0) is 13.9. The van der Waals surface area contributed by atoms with E-state index in [9.17, 15) is 0 Å². The summed E-state index contributed by atoms with van der Waals surface area (Å²) in [6.45, 7) is 8.68. The zero-order valence-electron chi connectivity index (χ0n) is 12.4. The minimum Gasteiger partial charge on any atom is -0.329 e. The van der Waals surface area contributed by atoms with E-state index in [4.69, 9.17) is 5.73 Å². The summed E-state index contributed by atoms with van der Waals surface area (Å²) in [5.74, 6) is 0. The SMILES string of the molecule is CC(C)N1CCC(CN)(N(C)Cc2ccsc2)CC1. The Hall–Kier alpha value is -0.420. The van der Waals surface area contributed by atoms with E-state index in [0.29, 0.717) is 6.04 Å². The zero-order valence-corrected chi connectivity index (χ0v) is 13.2. The Kier molecular flexibility index (Phi) is 5.01. The molecule has 0 bridgehead atoms. The fraction of sp³-hybridized carbons (Fsp3) is 0.733. The molecule has 0 aliphatic carbocycles. The normalized spacial score (nSPS) is 20.3. The second kappa shape index (κ2) is 6.35. The number of rotatable bonds is 5. The second-order valence-corrected chi connectivity index (χ2v) is 6.83. The molecule has 0 radical (unpaired) electrons. The van der Waals surface area contributed by atoms with Crippen LogP contribution in [0, 0.1) is 0 Å². The van der Waals surface area contributed by atoms with Crippen molar-refractivity contribution in [2.24, 2.45) is 5.73 Å². The summed E-state index contributed by atoms with van der Waals surface area (Å²) in [6.07, 6.45) is 2.37. The van der Waals surface area contributed by atoms with Crippen LogP contribution in [0.2, 0.25) is 0 Å². The monoisotopic (exact) mass is 281 g/mol. The Bertz CT molecular complexity index is 367. The fourth-order valence-electron chi connectivity index (χ4n) is 3.02. The molecule has 0 aromatic carbocycles. The van der Waals surface area contributed by atoms with Gasteiger partial charge in [0, 0.05) is 37.8 Å². The van der Waals surface area contributed by atoms with E-state index in [2.05, 4.69) is 47.5 Å². The number of likely N-dealkylation sites (tertiary alicyclic amines) is 1. The Morgan fingerprint density at radius 1 is 1.42 bits per heavy atom. The van der Waals surface area contributed by atoms with Crippen LogP contribution in [0.5, 0.6) is 0 Å². The third-order valence-corrected chi connectivity index (χ3v) is 5.38. The van der Waals surface area contributed by atoms with Gasteiger partial charge in [-0.25, -0.2) is 0 Å². The highest BCUT2D eigenvalue weighted by Crippen LogP contribution is 2.29. The lowest BCUT2D eigenvalue weighted by molar-refractivity contribution is 0.0298. The first-order chi connectivity index (χ1) is 9.07. The molecule has 19 heavy (non-hydrogen) atoms. The highest BCUT2D eigenvalue weighted by Gasteiger charge is 2.37. The number of piperidine rings is 1. The third-order valence-electron chi connectivity index (χ3n) is 4.65. The lowest BCUT2D eigenvalue weighted by Gasteiger charge is -2.48. The van der Waals surface area contributed by atoms with E-state index >= 15 is 0 Å². The van der Waals surface area contributed by atoms with Crippen LogP contribution in [0.4, 0.5) is 0 Å². The van der Waals surface area contributed by atoms with E-state index in [1.165, 1.54) is 31.5 Å². The van der Waals surface area contributed by atoms with Crippen LogP contribution in [0.15, 0.2) is 16.8 Å². The van der Waals surface area contributed by atoms with Gasteiger partial charge in [0.2, 0.25) is 0 Å². The number of nitrogens with zero attached hydrogens (tertiary/aromatic N) is 2. The maximum atomic E-state index is 6.13. The molecule has 1 aromatic heterocycles. The van der Waals surface area contributed by atoms with Gasteiger partial charge in [-0.3, -0.25) is 4.90 Å². The molecule has 2 rings (SSSR count). The van der Waals surface area contributed by atoms with Gasteiger partial charge >= 0.3 is 0 Å². The Labute approximate surface area is 121 Å². The van der Waals surface area contributed by atoms with Gasteiger partial charge in [-0.1, -0.05) is 0 Å². The maximum absolute atomic E-state index is 6.13. The molecule has 0 saturated carbocycles. The minimum atomic E-state index is 0.188. The Morgan fingerprint density at radius 3 is 2.58 bits per heavy atom. The van der Waals surface area contributed by atoms with Gasteiger partial charge in [0.25, 0.3) is 0 Å². The van der Waals surface area contributed by atoms with Crippen LogP contribution in [-0.2, 0) is 6.54 Å². The summed E-state index contributed by atoms with van der Waals surface area (Å²) in [5.41, 5.74) is 7.73. The summed E-state index contributed by atoms with van der Waals surface area (Å²) in [5, 5.41) is 4.39. The first kappa shape index (κ1) is 15.0. The van der Waals surface area contributed by atoms with Crippen molar-refractivity contribution in [1.82, 2.24) is 9.80 Å². The average molecular weight is 281 g/mol. The smallest absolute Gasteiger partial charge is 0.0356 e. The van der Waals surface area contributed by atoms with Gasteiger partial charge in [0.15, 0.2) is 0 Å². The molecule has 108 valence electrons. The molecule has 2 N–H and O–H groups in total. The van der Waals surface area contributed by atoms with E-state index < -0.39 is 0 Å². The summed E-state index contributed by atoms with van der Waals surface area (Å²) in [6, 6.07) is 2.87. The Balaban J connectivity index is 1.99. The van der Waals surface area contributed by atoms with E-state index in [0.717, 1.165) is 13.1 Å². The van der Waals surface area contributed by atoms with E-state index in [1.807, 2.05) is 0 Å². The van der Waals surface area contributed by atoms with Crippen molar-refractivity contribution in [2.45, 2.75) is 44.8 Å². The van der Waals surface area contributed by atoms with Gasteiger partial charge in [-0.2, -0.15) is 11.3 Å². The predicted molar refractivity (Wildman–Crippen MR) is 83.5 cm³/mol. The van der Waals surface area contributed by atoms with Gasteiger partial charge in [-0.15, -0.1) is 0 Å². The van der Waals surface area contributed by atoms with Crippen molar-refractivity contribution >= 4 is 11.3 Å². The highest BCUT2D eigenvalue weighted by atomic mass is 32.1. The quantitative estimate of drug-likeness (QED) is 0.899. The van der Waals surface area contributed by atoms with Crippen molar-refractivity contribution in [3.05, 3.63) is 22.4 Å². The maximum Gasteiger partial charge on any atom is 0.0356 e. The van der Waals surface area contributed by atoms with E-state index in [1.54, 1.807) is 11.3 Å². The number of likely N-dealkylation sites (N-methyl/N-ethyl adjacent to an activating group) is 1. The van der Waals surface area contributed by atoms with Crippen LogP contribution in [0.1, 0.15) is 32.3 Å². The second-order valence-electron chi connectivity index (χ2n) is 6.05. The summed E-state index contributed by atoms with van der Waals surface area (Å²) in [4.78, 5) is 5.04. The summed E-state index contributed by atoms with van der Waals surface area (Å²) in [7, 11) is 2.23. The van der Waals surface area contributed by atoms with Gasteiger partial charge in [-0.05, 0) is 56.1 Å². The molecule has 1 aliphatic heterocycles.